The van der Waals surface area contributed by atoms with E-state index in [1.165, 1.54) is 5.56 Å². The van der Waals surface area contributed by atoms with E-state index in [2.05, 4.69) is 22.9 Å². The number of likely N-dealkylation sites (N-methyl/N-ethyl adjacent to an activating group) is 1. The van der Waals surface area contributed by atoms with Gasteiger partial charge in [0.1, 0.15) is 16.7 Å². The van der Waals surface area contributed by atoms with E-state index < -0.39 is 0 Å². The molecule has 0 amide bonds. The Hall–Kier alpha value is -1.74. The van der Waals surface area contributed by atoms with E-state index in [0.717, 1.165) is 18.0 Å². The number of nitrogens with zero attached hydrogens (tertiary/aromatic N) is 2. The van der Waals surface area contributed by atoms with Crippen molar-refractivity contribution in [1.82, 2.24) is 4.98 Å². The van der Waals surface area contributed by atoms with Crippen LogP contribution in [-0.2, 0) is 6.42 Å². The minimum absolute atomic E-state index is 0.289. The van der Waals surface area contributed by atoms with Gasteiger partial charge in [-0.15, -0.1) is 0 Å². The number of ether oxygens (including phenoxy) is 1. The molecule has 1 aromatic heterocycles. The number of hydrogen-bond acceptors (Lipinski definition) is 3. The largest absolute Gasteiger partial charge is 0.496 e. The molecule has 2 rings (SSSR count). The predicted octanol–water partition coefficient (Wildman–Crippen LogP) is 3.81. The van der Waals surface area contributed by atoms with Crippen molar-refractivity contribution in [3.63, 3.8) is 0 Å². The van der Waals surface area contributed by atoms with Gasteiger partial charge in [0.2, 0.25) is 0 Å². The average Bonchev–Trinajstić information content (AvgIpc) is 2.47. The fourth-order valence-corrected chi connectivity index (χ4v) is 2.31. The summed E-state index contributed by atoms with van der Waals surface area (Å²) in [5.74, 6) is 1.80. The number of para-hydroxylation sites is 1. The molecule has 1 aromatic carbocycles. The van der Waals surface area contributed by atoms with E-state index >= 15 is 0 Å². The number of pyridine rings is 1. The number of halogens is 1. The third-order valence-corrected chi connectivity index (χ3v) is 3.64. The van der Waals surface area contributed by atoms with E-state index in [0.29, 0.717) is 5.15 Å². The summed E-state index contributed by atoms with van der Waals surface area (Å²) < 4.78 is 5.40. The van der Waals surface area contributed by atoms with E-state index in [1.54, 1.807) is 13.2 Å². The number of anilines is 1. The molecule has 106 valence electrons. The van der Waals surface area contributed by atoms with Crippen LogP contribution in [0.3, 0.4) is 0 Å². The van der Waals surface area contributed by atoms with Crippen LogP contribution in [0.1, 0.15) is 12.5 Å². The number of aromatic nitrogens is 1. The van der Waals surface area contributed by atoms with Gasteiger partial charge in [-0.3, -0.25) is 0 Å². The molecule has 0 bridgehead atoms. The van der Waals surface area contributed by atoms with Gasteiger partial charge in [0, 0.05) is 13.1 Å². The lowest BCUT2D eigenvalue weighted by Crippen LogP contribution is -2.31. The second kappa shape index (κ2) is 6.62. The molecule has 4 heteroatoms. The van der Waals surface area contributed by atoms with Crippen LogP contribution < -0.4 is 9.64 Å². The van der Waals surface area contributed by atoms with Crippen molar-refractivity contribution in [3.05, 3.63) is 53.2 Å². The molecule has 0 saturated heterocycles. The Morgan fingerprint density at radius 2 is 1.95 bits per heavy atom. The van der Waals surface area contributed by atoms with Crippen LogP contribution in [0.2, 0.25) is 5.15 Å². The second-order valence-corrected chi connectivity index (χ2v) is 5.18. The number of hydrogen-bond donors (Lipinski definition) is 0. The lowest BCUT2D eigenvalue weighted by molar-refractivity contribution is 0.408. The first-order valence-corrected chi connectivity index (χ1v) is 6.97. The zero-order valence-corrected chi connectivity index (χ0v) is 12.8. The van der Waals surface area contributed by atoms with Crippen molar-refractivity contribution < 1.29 is 4.74 Å². The highest BCUT2D eigenvalue weighted by molar-refractivity contribution is 6.29. The monoisotopic (exact) mass is 290 g/mol. The highest BCUT2D eigenvalue weighted by Crippen LogP contribution is 2.22. The van der Waals surface area contributed by atoms with Crippen molar-refractivity contribution >= 4 is 17.4 Å². The molecule has 1 atom stereocenters. The predicted molar refractivity (Wildman–Crippen MR) is 83.8 cm³/mol. The normalized spacial score (nSPS) is 12.0. The highest BCUT2D eigenvalue weighted by atomic mass is 35.5. The summed E-state index contributed by atoms with van der Waals surface area (Å²) in [5.41, 5.74) is 1.19. The fraction of sp³-hybridized carbons (Fsp3) is 0.312. The molecule has 0 radical (unpaired) electrons. The second-order valence-electron chi connectivity index (χ2n) is 4.79. The van der Waals surface area contributed by atoms with E-state index in [-0.39, 0.29) is 6.04 Å². The van der Waals surface area contributed by atoms with Gasteiger partial charge < -0.3 is 9.64 Å². The third kappa shape index (κ3) is 3.42. The lowest BCUT2D eigenvalue weighted by atomic mass is 10.1. The Morgan fingerprint density at radius 1 is 1.20 bits per heavy atom. The first kappa shape index (κ1) is 14.7. The zero-order chi connectivity index (χ0) is 14.5. The smallest absolute Gasteiger partial charge is 0.131 e. The van der Waals surface area contributed by atoms with E-state index in [9.17, 15) is 0 Å². The molecule has 0 aliphatic heterocycles. The highest BCUT2D eigenvalue weighted by Gasteiger charge is 2.14. The molecule has 0 N–H and O–H groups in total. The summed E-state index contributed by atoms with van der Waals surface area (Å²) in [4.78, 5) is 6.46. The molecule has 0 aliphatic carbocycles. The van der Waals surface area contributed by atoms with E-state index in [1.807, 2.05) is 37.4 Å². The van der Waals surface area contributed by atoms with Crippen LogP contribution in [-0.4, -0.2) is 25.2 Å². The first-order valence-electron chi connectivity index (χ1n) is 6.59. The minimum Gasteiger partial charge on any atom is -0.496 e. The molecular formula is C16H19ClN2O. The van der Waals surface area contributed by atoms with Crippen LogP contribution in [0.4, 0.5) is 5.82 Å². The van der Waals surface area contributed by atoms with Crippen LogP contribution >= 0.6 is 11.6 Å². The molecule has 0 spiro atoms. The maximum atomic E-state index is 5.94. The van der Waals surface area contributed by atoms with Crippen LogP contribution in [0.15, 0.2) is 42.5 Å². The van der Waals surface area contributed by atoms with Crippen molar-refractivity contribution in [2.24, 2.45) is 0 Å². The fourth-order valence-electron chi connectivity index (χ4n) is 2.15. The molecule has 0 aliphatic rings. The molecule has 0 saturated carbocycles. The summed E-state index contributed by atoms with van der Waals surface area (Å²) in [5, 5.41) is 0.513. The van der Waals surface area contributed by atoms with Crippen molar-refractivity contribution in [3.8, 4) is 5.75 Å². The van der Waals surface area contributed by atoms with Crippen molar-refractivity contribution in [2.45, 2.75) is 19.4 Å². The molecule has 3 nitrogen and oxygen atoms in total. The topological polar surface area (TPSA) is 25.4 Å². The lowest BCUT2D eigenvalue weighted by Gasteiger charge is -2.26. The SMILES string of the molecule is COc1ccccc1CC(C)N(C)c1cccc(Cl)n1. The molecule has 1 unspecified atom stereocenters. The van der Waals surface area contributed by atoms with Crippen LogP contribution in [0, 0.1) is 0 Å². The van der Waals surface area contributed by atoms with Gasteiger partial charge in [0.15, 0.2) is 0 Å². The zero-order valence-electron chi connectivity index (χ0n) is 12.0. The van der Waals surface area contributed by atoms with Gasteiger partial charge in [-0.25, -0.2) is 4.98 Å². The molecule has 20 heavy (non-hydrogen) atoms. The third-order valence-electron chi connectivity index (χ3n) is 3.43. The number of methoxy groups -OCH3 is 1. The summed E-state index contributed by atoms with van der Waals surface area (Å²) in [7, 11) is 3.73. The minimum atomic E-state index is 0.289. The van der Waals surface area contributed by atoms with Gasteiger partial charge in [0.25, 0.3) is 0 Å². The molecule has 2 aromatic rings. The van der Waals surface area contributed by atoms with E-state index in [4.69, 9.17) is 16.3 Å². The Morgan fingerprint density at radius 3 is 2.65 bits per heavy atom. The molecular weight excluding hydrogens is 272 g/mol. The number of rotatable bonds is 5. The van der Waals surface area contributed by atoms with Gasteiger partial charge in [-0.05, 0) is 37.1 Å². The first-order chi connectivity index (χ1) is 9.61. The summed E-state index contributed by atoms with van der Waals surface area (Å²) in [6, 6.07) is 14.0. The molecule has 0 fully saturated rings. The van der Waals surface area contributed by atoms with Crippen molar-refractivity contribution in [2.75, 3.05) is 19.1 Å². The maximum absolute atomic E-state index is 5.94. The average molecular weight is 291 g/mol. The quantitative estimate of drug-likeness (QED) is 0.783. The summed E-state index contributed by atoms with van der Waals surface area (Å²) in [6.45, 7) is 2.16. The van der Waals surface area contributed by atoms with Gasteiger partial charge in [-0.1, -0.05) is 35.9 Å². The Balaban J connectivity index is 2.13. The molecule has 1 heterocycles. The van der Waals surface area contributed by atoms with Gasteiger partial charge in [0.05, 0.1) is 7.11 Å². The van der Waals surface area contributed by atoms with Gasteiger partial charge >= 0.3 is 0 Å². The summed E-state index contributed by atoms with van der Waals surface area (Å²) in [6.07, 6.45) is 0.884. The maximum Gasteiger partial charge on any atom is 0.131 e. The standard InChI is InChI=1S/C16H19ClN2O/c1-12(11-13-7-4-5-8-14(13)20-3)19(2)16-10-6-9-15(17)18-16/h4-10,12H,11H2,1-3H3. The van der Waals surface area contributed by atoms with Gasteiger partial charge in [-0.2, -0.15) is 0 Å². The van der Waals surface area contributed by atoms with Crippen molar-refractivity contribution in [1.29, 1.82) is 0 Å². The summed E-state index contributed by atoms with van der Waals surface area (Å²) >= 11 is 5.94. The Kier molecular flexibility index (Phi) is 4.85. The van der Waals surface area contributed by atoms with Crippen LogP contribution in [0.5, 0.6) is 5.75 Å². The number of benzene rings is 1. The Labute approximate surface area is 125 Å². The van der Waals surface area contributed by atoms with Crippen LogP contribution in [0.25, 0.3) is 0 Å². The Bertz CT molecular complexity index is 574.